The number of hydrogen-bond acceptors (Lipinski definition) is 5. The zero-order valence-electron chi connectivity index (χ0n) is 20.3. The standard InChI is InChI=1S/C30H28N2O5/c33-27-15-14-25(29(21-8-3-1-4-9-21)22-10-5-2-6-11-22)31-32(27)20-30(36)17-16-24-23(18-30)12-7-13-26(24)37-19-28(34)35/h1-15,29,36H,16-20H2,(H,34,35). The highest BCUT2D eigenvalue weighted by atomic mass is 16.5. The minimum absolute atomic E-state index is 0.0512. The fraction of sp³-hybridized carbons (Fsp3) is 0.233. The van der Waals surface area contributed by atoms with Gasteiger partial charge < -0.3 is 14.9 Å². The van der Waals surface area contributed by atoms with Crippen molar-refractivity contribution in [3.63, 3.8) is 0 Å². The van der Waals surface area contributed by atoms with E-state index in [4.69, 9.17) is 14.9 Å². The van der Waals surface area contributed by atoms with Gasteiger partial charge in [0.05, 0.1) is 23.8 Å². The molecule has 1 aromatic heterocycles. The summed E-state index contributed by atoms with van der Waals surface area (Å²) in [6.07, 6.45) is 1.21. The molecule has 2 N–H and O–H groups in total. The number of hydrogen-bond donors (Lipinski definition) is 2. The van der Waals surface area contributed by atoms with Crippen molar-refractivity contribution in [3.8, 4) is 5.75 Å². The number of aliphatic hydroxyl groups is 1. The molecule has 3 aromatic carbocycles. The number of carboxylic acids is 1. The molecule has 0 amide bonds. The number of aliphatic carboxylic acids is 1. The Labute approximate surface area is 214 Å². The van der Waals surface area contributed by atoms with Crippen molar-refractivity contribution in [3.05, 3.63) is 129 Å². The molecule has 1 unspecified atom stereocenters. The summed E-state index contributed by atoms with van der Waals surface area (Å²) in [5, 5.41) is 25.2. The minimum Gasteiger partial charge on any atom is -0.482 e. The van der Waals surface area contributed by atoms with Gasteiger partial charge in [0.2, 0.25) is 0 Å². The van der Waals surface area contributed by atoms with Gasteiger partial charge in [-0.2, -0.15) is 5.10 Å². The zero-order chi connectivity index (χ0) is 25.8. The van der Waals surface area contributed by atoms with Gasteiger partial charge in [0.25, 0.3) is 5.56 Å². The highest BCUT2D eigenvalue weighted by molar-refractivity contribution is 5.68. The smallest absolute Gasteiger partial charge is 0.341 e. The van der Waals surface area contributed by atoms with E-state index in [0.29, 0.717) is 25.0 Å². The van der Waals surface area contributed by atoms with Crippen LogP contribution in [0, 0.1) is 0 Å². The number of aromatic nitrogens is 2. The molecule has 37 heavy (non-hydrogen) atoms. The van der Waals surface area contributed by atoms with Crippen molar-refractivity contribution < 1.29 is 19.7 Å². The van der Waals surface area contributed by atoms with Crippen LogP contribution in [0.1, 0.15) is 40.3 Å². The van der Waals surface area contributed by atoms with Crippen LogP contribution in [0.3, 0.4) is 0 Å². The van der Waals surface area contributed by atoms with Crippen LogP contribution < -0.4 is 10.3 Å². The SMILES string of the molecule is O=C(O)COc1cccc2c1CCC(O)(Cn1nc(C(c3ccccc3)c3ccccc3)ccc1=O)C2. The number of rotatable bonds is 8. The predicted octanol–water partition coefficient (Wildman–Crippen LogP) is 3.81. The van der Waals surface area contributed by atoms with Crippen LogP contribution in [-0.2, 0) is 24.2 Å². The maximum absolute atomic E-state index is 12.8. The molecule has 1 atom stereocenters. The first-order valence-corrected chi connectivity index (χ1v) is 12.3. The second kappa shape index (κ2) is 10.4. The number of carboxylic acid groups (broad SMARTS) is 1. The topological polar surface area (TPSA) is 102 Å². The fourth-order valence-corrected chi connectivity index (χ4v) is 5.11. The number of benzene rings is 3. The third-order valence-corrected chi connectivity index (χ3v) is 6.83. The minimum atomic E-state index is -1.18. The molecule has 0 saturated heterocycles. The molecule has 0 fully saturated rings. The Bertz CT molecular complexity index is 1410. The molecular weight excluding hydrogens is 468 g/mol. The Balaban J connectivity index is 1.44. The first kappa shape index (κ1) is 24.5. The molecule has 1 aliphatic rings. The van der Waals surface area contributed by atoms with E-state index >= 15 is 0 Å². The number of nitrogens with zero attached hydrogens (tertiary/aromatic N) is 2. The van der Waals surface area contributed by atoms with E-state index in [0.717, 1.165) is 27.9 Å². The van der Waals surface area contributed by atoms with Gasteiger partial charge >= 0.3 is 5.97 Å². The van der Waals surface area contributed by atoms with Gasteiger partial charge in [-0.25, -0.2) is 9.48 Å². The lowest BCUT2D eigenvalue weighted by Gasteiger charge is -2.34. The quantitative estimate of drug-likeness (QED) is 0.385. The maximum atomic E-state index is 12.8. The van der Waals surface area contributed by atoms with E-state index in [-0.39, 0.29) is 18.0 Å². The Morgan fingerprint density at radius 1 is 0.946 bits per heavy atom. The van der Waals surface area contributed by atoms with E-state index in [1.165, 1.54) is 10.7 Å². The molecule has 1 aliphatic carbocycles. The summed E-state index contributed by atoms with van der Waals surface area (Å²) in [5.74, 6) is -0.683. The van der Waals surface area contributed by atoms with Gasteiger partial charge in [0.15, 0.2) is 6.61 Å². The monoisotopic (exact) mass is 496 g/mol. The largest absolute Gasteiger partial charge is 0.482 e. The highest BCUT2D eigenvalue weighted by Gasteiger charge is 2.35. The van der Waals surface area contributed by atoms with Gasteiger partial charge in [-0.3, -0.25) is 4.79 Å². The fourth-order valence-electron chi connectivity index (χ4n) is 5.11. The second-order valence-electron chi connectivity index (χ2n) is 9.49. The number of carbonyl (C=O) groups is 1. The first-order valence-electron chi connectivity index (χ1n) is 12.3. The van der Waals surface area contributed by atoms with Crippen LogP contribution >= 0.6 is 0 Å². The second-order valence-corrected chi connectivity index (χ2v) is 9.49. The van der Waals surface area contributed by atoms with Crippen LogP contribution in [0.4, 0.5) is 0 Å². The summed E-state index contributed by atoms with van der Waals surface area (Å²) in [5.41, 5.74) is 3.17. The molecule has 1 heterocycles. The van der Waals surface area contributed by atoms with Gasteiger partial charge in [-0.1, -0.05) is 72.8 Å². The molecule has 7 nitrogen and oxygen atoms in total. The van der Waals surface area contributed by atoms with Crippen molar-refractivity contribution in [2.45, 2.75) is 37.3 Å². The Morgan fingerprint density at radius 3 is 2.27 bits per heavy atom. The Hall–Kier alpha value is -4.23. The van der Waals surface area contributed by atoms with Gasteiger partial charge in [0, 0.05) is 12.5 Å². The molecular formula is C30H28N2O5. The van der Waals surface area contributed by atoms with Gasteiger partial charge in [0.1, 0.15) is 5.75 Å². The van der Waals surface area contributed by atoms with Crippen molar-refractivity contribution in [1.29, 1.82) is 0 Å². The van der Waals surface area contributed by atoms with Crippen molar-refractivity contribution >= 4 is 5.97 Å². The lowest BCUT2D eigenvalue weighted by atomic mass is 9.80. The third kappa shape index (κ3) is 5.47. The summed E-state index contributed by atoms with van der Waals surface area (Å²) in [4.78, 5) is 23.8. The average Bonchev–Trinajstić information content (AvgIpc) is 2.90. The molecule has 0 radical (unpaired) electrons. The lowest BCUT2D eigenvalue weighted by Crippen LogP contribution is -2.43. The van der Waals surface area contributed by atoms with E-state index in [1.807, 2.05) is 66.7 Å². The number of ether oxygens (including phenoxy) is 1. The molecule has 7 heteroatoms. The van der Waals surface area contributed by atoms with Crippen LogP contribution in [0.2, 0.25) is 0 Å². The summed E-state index contributed by atoms with van der Waals surface area (Å²) >= 11 is 0. The highest BCUT2D eigenvalue weighted by Crippen LogP contribution is 2.35. The van der Waals surface area contributed by atoms with Crippen LogP contribution in [0.15, 0.2) is 95.8 Å². The molecule has 5 rings (SSSR count). The normalized spacial score (nSPS) is 16.8. The summed E-state index contributed by atoms with van der Waals surface area (Å²) in [7, 11) is 0. The number of fused-ring (bicyclic) bond motifs is 1. The van der Waals surface area contributed by atoms with E-state index in [2.05, 4.69) is 0 Å². The van der Waals surface area contributed by atoms with Gasteiger partial charge in [-0.05, 0) is 47.2 Å². The van der Waals surface area contributed by atoms with Crippen LogP contribution in [0.25, 0.3) is 0 Å². The van der Waals surface area contributed by atoms with Crippen molar-refractivity contribution in [2.75, 3.05) is 6.61 Å². The zero-order valence-corrected chi connectivity index (χ0v) is 20.3. The van der Waals surface area contributed by atoms with Crippen molar-refractivity contribution in [1.82, 2.24) is 9.78 Å². The van der Waals surface area contributed by atoms with Gasteiger partial charge in [-0.15, -0.1) is 0 Å². The molecule has 0 aliphatic heterocycles. The summed E-state index contributed by atoms with van der Waals surface area (Å²) in [6, 6.07) is 28.8. The third-order valence-electron chi connectivity index (χ3n) is 6.83. The summed E-state index contributed by atoms with van der Waals surface area (Å²) in [6.45, 7) is -0.369. The lowest BCUT2D eigenvalue weighted by molar-refractivity contribution is -0.139. The van der Waals surface area contributed by atoms with Crippen molar-refractivity contribution in [2.24, 2.45) is 0 Å². The first-order chi connectivity index (χ1) is 17.9. The Kier molecular flexibility index (Phi) is 6.88. The molecule has 188 valence electrons. The Morgan fingerprint density at radius 2 is 1.62 bits per heavy atom. The van der Waals surface area contributed by atoms with E-state index in [1.54, 1.807) is 18.2 Å². The van der Waals surface area contributed by atoms with E-state index < -0.39 is 18.2 Å². The van der Waals surface area contributed by atoms with Crippen LogP contribution in [0.5, 0.6) is 5.75 Å². The van der Waals surface area contributed by atoms with E-state index in [9.17, 15) is 14.7 Å². The maximum Gasteiger partial charge on any atom is 0.341 e. The predicted molar refractivity (Wildman–Crippen MR) is 139 cm³/mol. The molecule has 0 saturated carbocycles. The summed E-state index contributed by atoms with van der Waals surface area (Å²) < 4.78 is 6.81. The molecule has 0 bridgehead atoms. The average molecular weight is 497 g/mol. The van der Waals surface area contributed by atoms with Crippen LogP contribution in [-0.4, -0.2) is 38.2 Å². The molecule has 4 aromatic rings. The molecule has 0 spiro atoms.